The highest BCUT2D eigenvalue weighted by Gasteiger charge is 2.52. The molecule has 0 aliphatic carbocycles. The highest BCUT2D eigenvalue weighted by atomic mass is 31.2. The fraction of sp³-hybridized carbons (Fsp3) is 0.607. The number of pyridine rings is 1. The Morgan fingerprint density at radius 1 is 1.05 bits per heavy atom. The number of hydrogen-bond acceptors (Lipinski definition) is 7. The Bertz CT molecular complexity index is 1130. The molecule has 1 heterocycles. The second kappa shape index (κ2) is 11.9. The third-order valence-electron chi connectivity index (χ3n) is 7.52. The normalized spacial score (nSPS) is 15.6. The van der Waals surface area contributed by atoms with Crippen LogP contribution in [0.5, 0.6) is 11.5 Å². The number of nitrogens with zero attached hydrogens (tertiary/aromatic N) is 1. The Labute approximate surface area is 225 Å². The molecule has 2 aromatic rings. The first kappa shape index (κ1) is 31.4. The fourth-order valence-corrected chi connectivity index (χ4v) is 7.36. The first-order chi connectivity index (χ1) is 17.1. The summed E-state index contributed by atoms with van der Waals surface area (Å²) >= 11 is 0. The summed E-state index contributed by atoms with van der Waals surface area (Å²) < 4.78 is 38.8. The molecule has 1 N–H and O–H groups in total. The lowest BCUT2D eigenvalue weighted by molar-refractivity contribution is 0.218. The van der Waals surface area contributed by atoms with Crippen molar-refractivity contribution in [3.8, 4) is 11.5 Å². The third-order valence-corrected chi connectivity index (χ3v) is 14.5. The van der Waals surface area contributed by atoms with E-state index in [1.165, 1.54) is 7.11 Å². The monoisotopic (exact) mass is 550 g/mol. The molecule has 1 aromatic carbocycles. The minimum atomic E-state index is -3.75. The van der Waals surface area contributed by atoms with Crippen LogP contribution in [0.4, 0.5) is 5.82 Å². The van der Waals surface area contributed by atoms with Crippen LogP contribution >= 0.6 is 7.60 Å². The van der Waals surface area contributed by atoms with Gasteiger partial charge in [0.05, 0.1) is 13.7 Å². The van der Waals surface area contributed by atoms with Gasteiger partial charge in [0.15, 0.2) is 11.0 Å². The summed E-state index contributed by atoms with van der Waals surface area (Å²) in [5.74, 6) is 1.95. The number of benzene rings is 1. The van der Waals surface area contributed by atoms with Gasteiger partial charge in [-0.05, 0) is 92.7 Å². The van der Waals surface area contributed by atoms with Crippen molar-refractivity contribution in [2.75, 3.05) is 26.1 Å². The quantitative estimate of drug-likeness (QED) is 0.210. The Morgan fingerprint density at radius 3 is 2.22 bits per heavy atom. The SMILES string of the molecule is CCCC(Nc1nccc(C)c1C)(c1cc(C)c(O[Si](C)(C)C(C)(C)C)c(OC)c1)P(=O)(OC)OCC. The largest absolute Gasteiger partial charge is 0.541 e. The molecule has 0 amide bonds. The highest BCUT2D eigenvalue weighted by Crippen LogP contribution is 2.67. The van der Waals surface area contributed by atoms with Crippen LogP contribution < -0.4 is 14.5 Å². The molecule has 0 spiro atoms. The van der Waals surface area contributed by atoms with Crippen molar-refractivity contribution < 1.29 is 22.8 Å². The number of methoxy groups -OCH3 is 1. The molecule has 0 aliphatic heterocycles. The molecule has 1 aromatic heterocycles. The standard InChI is InChI=1S/C28H47N2O5PSi/c1-13-16-28(36(31,33-10)34-14-2,30-26-22(5)20(3)15-17-29-26)23-18-21(4)25(24(19-23)32-9)35-37(11,12)27(6,7)8/h15,17-19H,13-14,16H2,1-12H3,(H,29,30). The van der Waals surface area contributed by atoms with Crippen LogP contribution in [0.25, 0.3) is 0 Å². The smallest absolute Gasteiger partial charge is 0.360 e. The molecule has 9 heteroatoms. The van der Waals surface area contributed by atoms with Crippen LogP contribution in [0.3, 0.4) is 0 Å². The van der Waals surface area contributed by atoms with Crippen LogP contribution in [0.1, 0.15) is 69.7 Å². The summed E-state index contributed by atoms with van der Waals surface area (Å²) in [6.45, 7) is 21.2. The average Bonchev–Trinajstić information content (AvgIpc) is 2.81. The van der Waals surface area contributed by atoms with Crippen LogP contribution in [0.15, 0.2) is 24.4 Å². The van der Waals surface area contributed by atoms with E-state index in [0.717, 1.165) is 34.4 Å². The van der Waals surface area contributed by atoms with E-state index in [1.54, 1.807) is 13.3 Å². The molecule has 0 aliphatic rings. The molecule has 2 rings (SSSR count). The lowest BCUT2D eigenvalue weighted by atomic mass is 9.97. The number of aromatic nitrogens is 1. The minimum Gasteiger partial charge on any atom is -0.541 e. The molecular formula is C28H47N2O5PSi. The van der Waals surface area contributed by atoms with Crippen molar-refractivity contribution >= 4 is 21.7 Å². The lowest BCUT2D eigenvalue weighted by Crippen LogP contribution is -2.44. The van der Waals surface area contributed by atoms with E-state index in [4.69, 9.17) is 18.2 Å². The molecule has 2 atom stereocenters. The highest BCUT2D eigenvalue weighted by molar-refractivity contribution is 7.55. The van der Waals surface area contributed by atoms with Crippen molar-refractivity contribution in [2.24, 2.45) is 0 Å². The summed E-state index contributed by atoms with van der Waals surface area (Å²) in [7, 11) is -2.82. The van der Waals surface area contributed by atoms with E-state index < -0.39 is 21.2 Å². The minimum absolute atomic E-state index is 0.0196. The number of ether oxygens (including phenoxy) is 1. The molecule has 0 saturated carbocycles. The summed E-state index contributed by atoms with van der Waals surface area (Å²) in [6.07, 6.45) is 2.96. The summed E-state index contributed by atoms with van der Waals surface area (Å²) in [4.78, 5) is 4.60. The summed E-state index contributed by atoms with van der Waals surface area (Å²) in [5, 5.41) is 2.37. The lowest BCUT2D eigenvalue weighted by Gasteiger charge is -2.41. The maximum Gasteiger partial charge on any atom is 0.360 e. The van der Waals surface area contributed by atoms with Gasteiger partial charge >= 0.3 is 7.60 Å². The van der Waals surface area contributed by atoms with Crippen molar-refractivity contribution in [1.29, 1.82) is 0 Å². The Hall–Kier alpha value is -1.86. The third kappa shape index (κ3) is 6.24. The first-order valence-corrected chi connectivity index (χ1v) is 17.5. The van der Waals surface area contributed by atoms with E-state index in [-0.39, 0.29) is 11.6 Å². The molecule has 37 heavy (non-hydrogen) atoms. The topological polar surface area (TPSA) is 78.9 Å². The van der Waals surface area contributed by atoms with Gasteiger partial charge in [0.2, 0.25) is 0 Å². The van der Waals surface area contributed by atoms with E-state index >= 15 is 0 Å². The second-order valence-electron chi connectivity index (χ2n) is 11.1. The number of anilines is 1. The number of hydrogen-bond donors (Lipinski definition) is 1. The number of nitrogens with one attached hydrogen (secondary N) is 1. The molecule has 0 bridgehead atoms. The van der Waals surface area contributed by atoms with Crippen LogP contribution in [0.2, 0.25) is 18.1 Å². The van der Waals surface area contributed by atoms with Gasteiger partial charge in [-0.15, -0.1) is 0 Å². The summed E-state index contributed by atoms with van der Waals surface area (Å²) in [6, 6.07) is 5.89. The molecule has 2 unspecified atom stereocenters. The van der Waals surface area contributed by atoms with Crippen molar-refractivity contribution in [3.63, 3.8) is 0 Å². The van der Waals surface area contributed by atoms with Gasteiger partial charge in [0.1, 0.15) is 11.6 Å². The van der Waals surface area contributed by atoms with E-state index in [2.05, 4.69) is 51.1 Å². The predicted molar refractivity (Wildman–Crippen MR) is 156 cm³/mol. The average molecular weight is 551 g/mol. The van der Waals surface area contributed by atoms with Gasteiger partial charge in [-0.2, -0.15) is 0 Å². The predicted octanol–water partition coefficient (Wildman–Crippen LogP) is 8.34. The van der Waals surface area contributed by atoms with Gasteiger partial charge in [-0.1, -0.05) is 34.1 Å². The van der Waals surface area contributed by atoms with Crippen LogP contribution in [-0.4, -0.2) is 34.1 Å². The molecule has 0 radical (unpaired) electrons. The van der Waals surface area contributed by atoms with Crippen molar-refractivity contribution in [1.82, 2.24) is 4.98 Å². The van der Waals surface area contributed by atoms with Gasteiger partial charge in [0, 0.05) is 13.3 Å². The Morgan fingerprint density at radius 2 is 1.70 bits per heavy atom. The number of aryl methyl sites for hydroxylation is 2. The van der Waals surface area contributed by atoms with Gasteiger partial charge in [0.25, 0.3) is 8.32 Å². The van der Waals surface area contributed by atoms with Crippen molar-refractivity contribution in [3.05, 3.63) is 46.6 Å². The molecular weight excluding hydrogens is 503 g/mol. The Kier molecular flexibility index (Phi) is 10.1. The zero-order chi connectivity index (χ0) is 28.2. The maximum atomic E-state index is 14.6. The van der Waals surface area contributed by atoms with Gasteiger partial charge in [-0.3, -0.25) is 4.57 Å². The van der Waals surface area contributed by atoms with E-state index in [9.17, 15) is 4.57 Å². The van der Waals surface area contributed by atoms with Gasteiger partial charge in [-0.25, -0.2) is 4.98 Å². The van der Waals surface area contributed by atoms with Crippen LogP contribution in [-0.2, 0) is 18.9 Å². The van der Waals surface area contributed by atoms with Crippen LogP contribution in [0, 0.1) is 20.8 Å². The van der Waals surface area contributed by atoms with E-state index in [0.29, 0.717) is 18.0 Å². The summed E-state index contributed by atoms with van der Waals surface area (Å²) in [5.41, 5.74) is 3.70. The zero-order valence-corrected chi connectivity index (χ0v) is 26.8. The van der Waals surface area contributed by atoms with E-state index in [1.807, 2.05) is 45.9 Å². The molecule has 0 saturated heterocycles. The maximum absolute atomic E-state index is 14.6. The number of rotatable bonds is 12. The van der Waals surface area contributed by atoms with Gasteiger partial charge < -0.3 is 23.5 Å². The Balaban J connectivity index is 2.87. The fourth-order valence-electron chi connectivity index (χ4n) is 4.12. The molecule has 0 fully saturated rings. The molecule has 208 valence electrons. The zero-order valence-electron chi connectivity index (χ0n) is 24.9. The first-order valence-electron chi connectivity index (χ1n) is 13.0. The van der Waals surface area contributed by atoms with Crippen molar-refractivity contribution in [2.45, 2.75) is 91.6 Å². The molecule has 7 nitrogen and oxygen atoms in total. The second-order valence-corrected chi connectivity index (χ2v) is 18.2.